The van der Waals surface area contributed by atoms with Crippen LogP contribution in [-0.4, -0.2) is 9.55 Å². The van der Waals surface area contributed by atoms with Crippen LogP contribution in [0.15, 0.2) is 39.9 Å². The van der Waals surface area contributed by atoms with Gasteiger partial charge in [-0.2, -0.15) is 0 Å². The number of benzene rings is 1. The summed E-state index contributed by atoms with van der Waals surface area (Å²) in [6, 6.07) is 9.38. The number of anilines is 1. The van der Waals surface area contributed by atoms with E-state index in [-0.39, 0.29) is 17.6 Å². The molecular weight excluding hydrogens is 266 g/mol. The SMILES string of the molecule is Cc1ccc([C@H](C)Nc2cc(=O)n(C(C)C)c(=O)[nH]2)cc1. The fourth-order valence-electron chi connectivity index (χ4n) is 2.24. The maximum Gasteiger partial charge on any atom is 0.330 e. The Morgan fingerprint density at radius 3 is 2.24 bits per heavy atom. The van der Waals surface area contributed by atoms with Gasteiger partial charge in [0.15, 0.2) is 0 Å². The first-order valence-corrected chi connectivity index (χ1v) is 7.07. The van der Waals surface area contributed by atoms with E-state index >= 15 is 0 Å². The van der Waals surface area contributed by atoms with Crippen molar-refractivity contribution in [3.05, 3.63) is 62.3 Å². The molecule has 2 rings (SSSR count). The topological polar surface area (TPSA) is 66.9 Å². The van der Waals surface area contributed by atoms with Gasteiger partial charge in [0, 0.05) is 18.2 Å². The predicted octanol–water partition coefficient (Wildman–Crippen LogP) is 2.60. The van der Waals surface area contributed by atoms with Crippen molar-refractivity contribution in [1.29, 1.82) is 0 Å². The molecule has 21 heavy (non-hydrogen) atoms. The van der Waals surface area contributed by atoms with E-state index in [9.17, 15) is 9.59 Å². The molecular formula is C16H21N3O2. The summed E-state index contributed by atoms with van der Waals surface area (Å²) in [6.07, 6.45) is 0. The molecule has 0 radical (unpaired) electrons. The number of hydrogen-bond acceptors (Lipinski definition) is 3. The van der Waals surface area contributed by atoms with E-state index in [1.54, 1.807) is 13.8 Å². The Morgan fingerprint density at radius 2 is 1.71 bits per heavy atom. The molecule has 0 aliphatic heterocycles. The van der Waals surface area contributed by atoms with Crippen LogP contribution in [0.5, 0.6) is 0 Å². The molecule has 0 unspecified atom stereocenters. The molecule has 1 aromatic carbocycles. The second-order valence-electron chi connectivity index (χ2n) is 5.57. The van der Waals surface area contributed by atoms with E-state index < -0.39 is 5.69 Å². The van der Waals surface area contributed by atoms with Gasteiger partial charge in [0.05, 0.1) is 0 Å². The van der Waals surface area contributed by atoms with Gasteiger partial charge in [0.25, 0.3) is 5.56 Å². The highest BCUT2D eigenvalue weighted by atomic mass is 16.2. The average Bonchev–Trinajstić information content (AvgIpc) is 2.37. The molecule has 5 heteroatoms. The Labute approximate surface area is 123 Å². The minimum absolute atomic E-state index is 0.00412. The fourth-order valence-corrected chi connectivity index (χ4v) is 2.24. The van der Waals surface area contributed by atoms with Crippen molar-refractivity contribution in [2.45, 2.75) is 39.8 Å². The number of nitrogens with one attached hydrogen (secondary N) is 2. The number of nitrogens with zero attached hydrogens (tertiary/aromatic N) is 1. The van der Waals surface area contributed by atoms with Crippen LogP contribution in [0.4, 0.5) is 5.82 Å². The number of rotatable bonds is 4. The highest BCUT2D eigenvalue weighted by Crippen LogP contribution is 2.17. The molecule has 5 nitrogen and oxygen atoms in total. The second kappa shape index (κ2) is 5.99. The van der Waals surface area contributed by atoms with Crippen LogP contribution < -0.4 is 16.6 Å². The summed E-state index contributed by atoms with van der Waals surface area (Å²) in [5.74, 6) is 0.440. The minimum Gasteiger partial charge on any atom is -0.365 e. The van der Waals surface area contributed by atoms with Crippen LogP contribution >= 0.6 is 0 Å². The van der Waals surface area contributed by atoms with Crippen LogP contribution in [-0.2, 0) is 0 Å². The molecule has 112 valence electrons. The maximum absolute atomic E-state index is 12.0. The van der Waals surface area contributed by atoms with Gasteiger partial charge in [-0.25, -0.2) is 4.79 Å². The molecule has 0 aliphatic carbocycles. The number of hydrogen-bond donors (Lipinski definition) is 2. The molecule has 0 aliphatic rings. The highest BCUT2D eigenvalue weighted by molar-refractivity contribution is 5.37. The van der Waals surface area contributed by atoms with Gasteiger partial charge in [-0.05, 0) is 33.3 Å². The number of aryl methyl sites for hydroxylation is 1. The minimum atomic E-state index is -0.392. The van der Waals surface area contributed by atoms with Crippen molar-refractivity contribution >= 4 is 5.82 Å². The molecule has 0 amide bonds. The van der Waals surface area contributed by atoms with E-state index in [0.29, 0.717) is 5.82 Å². The van der Waals surface area contributed by atoms with E-state index in [2.05, 4.69) is 10.3 Å². The molecule has 2 N–H and O–H groups in total. The standard InChI is InChI=1S/C16H21N3O2/c1-10(2)19-15(20)9-14(18-16(19)21)17-12(4)13-7-5-11(3)6-8-13/h5-10,12,17H,1-4H3,(H,18,21)/t12-/m0/s1. The summed E-state index contributed by atoms with van der Waals surface area (Å²) in [4.78, 5) is 26.6. The molecule has 0 bridgehead atoms. The number of aromatic nitrogens is 2. The van der Waals surface area contributed by atoms with Crippen molar-refractivity contribution < 1.29 is 0 Å². The fraction of sp³-hybridized carbons (Fsp3) is 0.375. The lowest BCUT2D eigenvalue weighted by atomic mass is 10.1. The summed E-state index contributed by atoms with van der Waals surface area (Å²) >= 11 is 0. The summed E-state index contributed by atoms with van der Waals surface area (Å²) in [5, 5.41) is 3.16. The van der Waals surface area contributed by atoms with Crippen molar-refractivity contribution in [2.24, 2.45) is 0 Å². The normalized spacial score (nSPS) is 12.4. The van der Waals surface area contributed by atoms with Gasteiger partial charge in [-0.15, -0.1) is 0 Å². The Hall–Kier alpha value is -2.30. The molecule has 0 saturated carbocycles. The number of aromatic amines is 1. The van der Waals surface area contributed by atoms with Gasteiger partial charge in [0.1, 0.15) is 5.82 Å². The Morgan fingerprint density at radius 1 is 1.10 bits per heavy atom. The summed E-state index contributed by atoms with van der Waals surface area (Å²) < 4.78 is 1.20. The maximum atomic E-state index is 12.0. The van der Waals surface area contributed by atoms with Gasteiger partial charge in [0.2, 0.25) is 0 Å². The van der Waals surface area contributed by atoms with Crippen LogP contribution in [0.25, 0.3) is 0 Å². The summed E-state index contributed by atoms with van der Waals surface area (Å²) in [5.41, 5.74) is 1.59. The summed E-state index contributed by atoms with van der Waals surface area (Å²) in [6.45, 7) is 7.62. The Bertz CT molecular complexity index is 695. The quantitative estimate of drug-likeness (QED) is 0.908. The van der Waals surface area contributed by atoms with E-state index in [1.165, 1.54) is 16.2 Å². The smallest absolute Gasteiger partial charge is 0.330 e. The zero-order chi connectivity index (χ0) is 15.6. The van der Waals surface area contributed by atoms with E-state index in [4.69, 9.17) is 0 Å². The lowest BCUT2D eigenvalue weighted by molar-refractivity contribution is 0.546. The third-order valence-electron chi connectivity index (χ3n) is 3.43. The molecule has 0 spiro atoms. The van der Waals surface area contributed by atoms with Gasteiger partial charge < -0.3 is 5.32 Å². The summed E-state index contributed by atoms with van der Waals surface area (Å²) in [7, 11) is 0. The van der Waals surface area contributed by atoms with Crippen LogP contribution in [0.2, 0.25) is 0 Å². The molecule has 1 atom stereocenters. The van der Waals surface area contributed by atoms with E-state index in [0.717, 1.165) is 5.56 Å². The van der Waals surface area contributed by atoms with E-state index in [1.807, 2.05) is 38.1 Å². The molecule has 1 heterocycles. The molecule has 1 aromatic heterocycles. The predicted molar refractivity (Wildman–Crippen MR) is 84.9 cm³/mol. The van der Waals surface area contributed by atoms with Crippen molar-refractivity contribution in [3.63, 3.8) is 0 Å². The molecule has 0 fully saturated rings. The highest BCUT2D eigenvalue weighted by Gasteiger charge is 2.10. The van der Waals surface area contributed by atoms with Gasteiger partial charge in [-0.3, -0.25) is 14.3 Å². The third-order valence-corrected chi connectivity index (χ3v) is 3.43. The zero-order valence-electron chi connectivity index (χ0n) is 12.8. The van der Waals surface area contributed by atoms with Crippen LogP contribution in [0, 0.1) is 6.92 Å². The average molecular weight is 287 g/mol. The molecule has 2 aromatic rings. The van der Waals surface area contributed by atoms with Crippen LogP contribution in [0.1, 0.15) is 44.0 Å². The van der Waals surface area contributed by atoms with Gasteiger partial charge in [-0.1, -0.05) is 29.8 Å². The first-order chi connectivity index (χ1) is 9.88. The lowest BCUT2D eigenvalue weighted by Crippen LogP contribution is -2.36. The van der Waals surface area contributed by atoms with Crippen molar-refractivity contribution in [1.82, 2.24) is 9.55 Å². The second-order valence-corrected chi connectivity index (χ2v) is 5.57. The lowest BCUT2D eigenvalue weighted by Gasteiger charge is -2.16. The first kappa shape index (κ1) is 15.1. The van der Waals surface area contributed by atoms with Crippen molar-refractivity contribution in [3.8, 4) is 0 Å². The molecule has 0 saturated heterocycles. The van der Waals surface area contributed by atoms with Crippen LogP contribution in [0.3, 0.4) is 0 Å². The Balaban J connectivity index is 2.26. The third kappa shape index (κ3) is 3.42. The van der Waals surface area contributed by atoms with Gasteiger partial charge >= 0.3 is 5.69 Å². The first-order valence-electron chi connectivity index (χ1n) is 7.07. The zero-order valence-corrected chi connectivity index (χ0v) is 12.8. The monoisotopic (exact) mass is 287 g/mol. The number of H-pyrrole nitrogens is 1. The van der Waals surface area contributed by atoms with Crippen molar-refractivity contribution in [2.75, 3.05) is 5.32 Å². The Kier molecular flexibility index (Phi) is 4.31. The largest absolute Gasteiger partial charge is 0.365 e.